The normalized spacial score (nSPS) is 17.2. The van der Waals surface area contributed by atoms with Gasteiger partial charge in [-0.25, -0.2) is 9.67 Å². The molecule has 57 heavy (non-hydrogen) atoms. The number of pyridine rings is 1. The number of imide groups is 1. The number of ether oxygens (including phenoxy) is 2. The molecule has 16 nitrogen and oxygen atoms in total. The summed E-state index contributed by atoms with van der Waals surface area (Å²) in [5.74, 6) is -1.38. The molecule has 6 heterocycles. The molecule has 0 aliphatic carbocycles. The lowest BCUT2D eigenvalue weighted by atomic mass is 10.0. The average Bonchev–Trinajstić information content (AvgIpc) is 3.95. The summed E-state index contributed by atoms with van der Waals surface area (Å²) in [7, 11) is 0. The van der Waals surface area contributed by atoms with E-state index in [0.717, 1.165) is 45.4 Å². The van der Waals surface area contributed by atoms with Crippen LogP contribution in [0.1, 0.15) is 53.4 Å². The Balaban J connectivity index is 0.755. The molecule has 2 N–H and O–H groups in total. The number of benzene rings is 2. The summed E-state index contributed by atoms with van der Waals surface area (Å²) in [4.78, 5) is 75.7. The Morgan fingerprint density at radius 1 is 0.982 bits per heavy atom. The molecule has 0 saturated carbocycles. The van der Waals surface area contributed by atoms with E-state index in [2.05, 4.69) is 32.5 Å². The van der Waals surface area contributed by atoms with Gasteiger partial charge in [0.2, 0.25) is 23.6 Å². The van der Waals surface area contributed by atoms with Crippen LogP contribution in [-0.4, -0.2) is 110 Å². The second kappa shape index (κ2) is 16.3. The van der Waals surface area contributed by atoms with Crippen molar-refractivity contribution in [2.75, 3.05) is 44.4 Å². The van der Waals surface area contributed by atoms with Gasteiger partial charge in [0.25, 0.3) is 5.91 Å². The summed E-state index contributed by atoms with van der Waals surface area (Å²) in [5, 5.41) is 12.3. The number of H-pyrrole nitrogens is 1. The van der Waals surface area contributed by atoms with E-state index < -0.39 is 11.9 Å². The monoisotopic (exact) mass is 793 g/mol. The van der Waals surface area contributed by atoms with Crippen LogP contribution in [0.4, 0.5) is 5.69 Å². The molecule has 5 amide bonds. The number of halogens is 1. The number of fused-ring (bicyclic) bond motifs is 2. The van der Waals surface area contributed by atoms with Gasteiger partial charge in [-0.3, -0.25) is 29.3 Å². The lowest BCUT2D eigenvalue weighted by Gasteiger charge is -2.34. The van der Waals surface area contributed by atoms with Crippen LogP contribution < -0.4 is 10.2 Å². The van der Waals surface area contributed by atoms with Gasteiger partial charge in [0.05, 0.1) is 49.8 Å². The molecule has 5 aromatic rings. The molecule has 1 atom stereocenters. The molecule has 3 aliphatic rings. The van der Waals surface area contributed by atoms with Crippen molar-refractivity contribution in [3.05, 3.63) is 88.5 Å². The summed E-state index contributed by atoms with van der Waals surface area (Å²) in [6.45, 7) is 3.95. The maximum Gasteiger partial charge on any atom is 0.255 e. The summed E-state index contributed by atoms with van der Waals surface area (Å²) < 4.78 is 12.9. The zero-order valence-electron chi connectivity index (χ0n) is 31.2. The number of nitrogens with zero attached hydrogens (tertiary/aromatic N) is 7. The number of piperidine rings is 1. The van der Waals surface area contributed by atoms with E-state index in [1.165, 1.54) is 4.90 Å². The largest absolute Gasteiger partial charge is 0.379 e. The molecular weight excluding hydrogens is 754 g/mol. The number of aromatic nitrogens is 5. The fraction of sp³-hybridized carbons (Fsp3) is 0.350. The highest BCUT2D eigenvalue weighted by Crippen LogP contribution is 2.36. The van der Waals surface area contributed by atoms with E-state index in [1.807, 2.05) is 36.5 Å². The van der Waals surface area contributed by atoms with Crippen molar-refractivity contribution >= 4 is 57.9 Å². The summed E-state index contributed by atoms with van der Waals surface area (Å²) in [6, 6.07) is 12.2. The highest BCUT2D eigenvalue weighted by molar-refractivity contribution is 6.38. The highest BCUT2D eigenvalue weighted by Gasteiger charge is 2.40. The SMILES string of the molecule is CCc1c[nH]c2ncc(-c3ccc(N4CCN(C(=O)CCOCCOCc5cn(-c6cccc7c6CN(C6CCC(=O)NC6=O)C7=O)nn5)CC4=O)cc3)c(Cl)c12. The van der Waals surface area contributed by atoms with Gasteiger partial charge in [-0.05, 0) is 48.2 Å². The first-order chi connectivity index (χ1) is 27.7. The smallest absolute Gasteiger partial charge is 0.255 e. The van der Waals surface area contributed by atoms with Crippen molar-refractivity contribution < 1.29 is 33.4 Å². The summed E-state index contributed by atoms with van der Waals surface area (Å²) in [5.41, 5.74) is 6.76. The van der Waals surface area contributed by atoms with Crippen molar-refractivity contribution in [2.45, 2.75) is 51.8 Å². The maximum atomic E-state index is 13.2. The Morgan fingerprint density at radius 3 is 2.60 bits per heavy atom. The van der Waals surface area contributed by atoms with Crippen LogP contribution >= 0.6 is 11.6 Å². The highest BCUT2D eigenvalue weighted by atomic mass is 35.5. The molecule has 3 aliphatic heterocycles. The number of carbonyl (C=O) groups excluding carboxylic acids is 5. The predicted octanol–water partition coefficient (Wildman–Crippen LogP) is 3.59. The first-order valence-electron chi connectivity index (χ1n) is 18.9. The molecule has 17 heteroatoms. The Labute approximate surface area is 332 Å². The Hall–Kier alpha value is -5.97. The van der Waals surface area contributed by atoms with Gasteiger partial charge in [0.15, 0.2) is 0 Å². The topological polar surface area (TPSA) is 185 Å². The van der Waals surface area contributed by atoms with Gasteiger partial charge in [0, 0.05) is 66.2 Å². The molecule has 0 radical (unpaired) electrons. The second-order valence-corrected chi connectivity index (χ2v) is 14.4. The third-order valence-corrected chi connectivity index (χ3v) is 11.0. The van der Waals surface area contributed by atoms with Crippen LogP contribution in [-0.2, 0) is 48.2 Å². The fourth-order valence-electron chi connectivity index (χ4n) is 7.56. The van der Waals surface area contributed by atoms with Crippen LogP contribution in [0.15, 0.2) is 61.1 Å². The van der Waals surface area contributed by atoms with E-state index in [0.29, 0.717) is 35.1 Å². The number of hydrogen-bond acceptors (Lipinski definition) is 10. The molecule has 2 saturated heterocycles. The van der Waals surface area contributed by atoms with Crippen molar-refractivity contribution in [1.82, 2.24) is 40.1 Å². The number of piperazine rings is 1. The lowest BCUT2D eigenvalue weighted by molar-refractivity contribution is -0.138. The standard InChI is InChI=1S/C40H40ClN9O7/c1-2-24-18-42-38-36(24)37(41)29(19-43-38)25-6-8-27(9-7-25)48-14-13-47(22-35(48)53)34(52)12-15-56-16-17-57-23-26-20-50(46-45-26)31-5-3-4-28-30(31)21-49(40(28)55)32-10-11-33(51)44-39(32)54/h3-9,18-20,32H,2,10-17,21-23H2,1H3,(H,42,43)(H,44,51,54). The minimum atomic E-state index is -0.711. The van der Waals surface area contributed by atoms with Gasteiger partial charge in [-0.1, -0.05) is 41.9 Å². The van der Waals surface area contributed by atoms with Crippen LogP contribution in [0.25, 0.3) is 27.8 Å². The van der Waals surface area contributed by atoms with E-state index in [1.54, 1.807) is 39.0 Å². The van der Waals surface area contributed by atoms with Gasteiger partial charge in [0.1, 0.15) is 23.9 Å². The molecular formula is C40H40ClN9O7. The zero-order valence-corrected chi connectivity index (χ0v) is 32.0. The zero-order chi connectivity index (χ0) is 39.6. The molecule has 294 valence electrons. The minimum Gasteiger partial charge on any atom is -0.379 e. The summed E-state index contributed by atoms with van der Waals surface area (Å²) in [6.07, 6.45) is 6.83. The predicted molar refractivity (Wildman–Crippen MR) is 207 cm³/mol. The molecule has 2 fully saturated rings. The molecule has 3 aromatic heterocycles. The van der Waals surface area contributed by atoms with Crippen LogP contribution in [0.3, 0.4) is 0 Å². The van der Waals surface area contributed by atoms with E-state index in [9.17, 15) is 24.0 Å². The first-order valence-corrected chi connectivity index (χ1v) is 19.2. The Morgan fingerprint density at radius 2 is 1.81 bits per heavy atom. The molecule has 1 unspecified atom stereocenters. The number of rotatable bonds is 13. The summed E-state index contributed by atoms with van der Waals surface area (Å²) >= 11 is 6.81. The van der Waals surface area contributed by atoms with E-state index in [4.69, 9.17) is 21.1 Å². The number of nitrogens with one attached hydrogen (secondary N) is 2. The quantitative estimate of drug-likeness (QED) is 0.132. The number of hydrogen-bond donors (Lipinski definition) is 2. The number of anilines is 1. The number of amides is 5. The first kappa shape index (κ1) is 37.9. The molecule has 0 bridgehead atoms. The number of aryl methyl sites for hydroxylation is 1. The molecule has 0 spiro atoms. The fourth-order valence-corrected chi connectivity index (χ4v) is 7.93. The number of carbonyl (C=O) groups is 5. The van der Waals surface area contributed by atoms with Crippen molar-refractivity contribution in [3.63, 3.8) is 0 Å². The second-order valence-electron chi connectivity index (χ2n) is 14.1. The van der Waals surface area contributed by atoms with Crippen LogP contribution in [0.5, 0.6) is 0 Å². The Kier molecular flexibility index (Phi) is 10.8. The number of aromatic amines is 1. The third-order valence-electron chi connectivity index (χ3n) is 10.6. The van der Waals surface area contributed by atoms with Crippen LogP contribution in [0, 0.1) is 0 Å². The third kappa shape index (κ3) is 7.62. The van der Waals surface area contributed by atoms with Gasteiger partial charge < -0.3 is 29.2 Å². The van der Waals surface area contributed by atoms with Crippen molar-refractivity contribution in [1.29, 1.82) is 0 Å². The van der Waals surface area contributed by atoms with Crippen LogP contribution in [0.2, 0.25) is 5.02 Å². The Bertz CT molecular complexity index is 2380. The van der Waals surface area contributed by atoms with Crippen molar-refractivity contribution in [2.24, 2.45) is 0 Å². The maximum absolute atomic E-state index is 13.2. The van der Waals surface area contributed by atoms with E-state index in [-0.39, 0.29) is 82.4 Å². The van der Waals surface area contributed by atoms with Gasteiger partial charge in [-0.2, -0.15) is 0 Å². The van der Waals surface area contributed by atoms with Crippen molar-refractivity contribution in [3.8, 4) is 16.8 Å². The van der Waals surface area contributed by atoms with Gasteiger partial charge in [-0.15, -0.1) is 5.10 Å². The lowest BCUT2D eigenvalue weighted by Crippen LogP contribution is -2.52. The average molecular weight is 794 g/mol. The minimum absolute atomic E-state index is 0.00966. The van der Waals surface area contributed by atoms with E-state index >= 15 is 0 Å². The molecule has 2 aromatic carbocycles. The van der Waals surface area contributed by atoms with Gasteiger partial charge >= 0.3 is 0 Å². The molecule has 8 rings (SSSR count).